The first-order valence-corrected chi connectivity index (χ1v) is 9.01. The van der Waals surface area contributed by atoms with E-state index in [1.54, 1.807) is 7.05 Å². The third-order valence-corrected chi connectivity index (χ3v) is 4.56. The zero-order valence-electron chi connectivity index (χ0n) is 15.6. The van der Waals surface area contributed by atoms with E-state index in [1.165, 1.54) is 10.9 Å². The number of benzene rings is 1. The molecule has 2 aromatic heterocycles. The van der Waals surface area contributed by atoms with E-state index >= 15 is 0 Å². The van der Waals surface area contributed by atoms with Crippen LogP contribution in [0.25, 0.3) is 10.9 Å². The third kappa shape index (κ3) is 4.25. The number of hydrogen-bond acceptors (Lipinski definition) is 3. The minimum atomic E-state index is 0.0837. The van der Waals surface area contributed by atoms with Crippen LogP contribution in [0.1, 0.15) is 29.8 Å². The van der Waals surface area contributed by atoms with Crippen LogP contribution in [0.5, 0.6) is 5.75 Å². The Kier molecular flexibility index (Phi) is 5.61. The molecule has 6 heteroatoms. The predicted molar refractivity (Wildman–Crippen MR) is 102 cm³/mol. The molecule has 1 aromatic carbocycles. The molecule has 0 aliphatic rings. The van der Waals surface area contributed by atoms with E-state index in [4.69, 9.17) is 4.74 Å². The summed E-state index contributed by atoms with van der Waals surface area (Å²) in [4.78, 5) is 14.9. The van der Waals surface area contributed by atoms with Crippen molar-refractivity contribution in [2.24, 2.45) is 0 Å². The van der Waals surface area contributed by atoms with Crippen molar-refractivity contribution in [3.63, 3.8) is 0 Å². The van der Waals surface area contributed by atoms with E-state index in [2.05, 4.69) is 34.5 Å². The van der Waals surface area contributed by atoms with E-state index in [-0.39, 0.29) is 5.91 Å². The first-order chi connectivity index (χ1) is 12.6. The molecule has 0 saturated carbocycles. The first-order valence-electron chi connectivity index (χ1n) is 9.01. The topological polar surface area (TPSA) is 71.9 Å². The van der Waals surface area contributed by atoms with Gasteiger partial charge in [0.05, 0.1) is 12.2 Å². The predicted octanol–water partition coefficient (Wildman–Crippen LogP) is 3.13. The van der Waals surface area contributed by atoms with Gasteiger partial charge in [0.25, 0.3) is 0 Å². The van der Waals surface area contributed by atoms with Gasteiger partial charge in [0.2, 0.25) is 5.91 Å². The Morgan fingerprint density at radius 3 is 2.88 bits per heavy atom. The van der Waals surface area contributed by atoms with Gasteiger partial charge < -0.3 is 15.0 Å². The molecule has 1 amide bonds. The van der Waals surface area contributed by atoms with Gasteiger partial charge in [-0.05, 0) is 56.5 Å². The molecule has 6 nitrogen and oxygen atoms in total. The summed E-state index contributed by atoms with van der Waals surface area (Å²) in [6.45, 7) is 5.35. The van der Waals surface area contributed by atoms with Crippen molar-refractivity contribution in [2.75, 3.05) is 13.7 Å². The summed E-state index contributed by atoms with van der Waals surface area (Å²) in [5.41, 5.74) is 4.53. The van der Waals surface area contributed by atoms with Crippen molar-refractivity contribution in [2.45, 2.75) is 39.7 Å². The molecule has 26 heavy (non-hydrogen) atoms. The van der Waals surface area contributed by atoms with Crippen molar-refractivity contribution >= 4 is 16.8 Å². The first kappa shape index (κ1) is 18.0. The summed E-state index contributed by atoms with van der Waals surface area (Å²) in [7, 11) is 1.67. The Labute approximate surface area is 153 Å². The molecule has 0 saturated heterocycles. The van der Waals surface area contributed by atoms with Crippen LogP contribution in [0.15, 0.2) is 30.5 Å². The maximum atomic E-state index is 11.4. The van der Waals surface area contributed by atoms with E-state index in [0.717, 1.165) is 42.0 Å². The molecule has 0 aliphatic heterocycles. The molecule has 0 radical (unpaired) electrons. The van der Waals surface area contributed by atoms with Gasteiger partial charge >= 0.3 is 0 Å². The summed E-state index contributed by atoms with van der Waals surface area (Å²) >= 11 is 0. The lowest BCUT2D eigenvalue weighted by Crippen LogP contribution is -2.17. The zero-order valence-corrected chi connectivity index (χ0v) is 15.6. The maximum absolute atomic E-state index is 11.4. The van der Waals surface area contributed by atoms with Crippen molar-refractivity contribution < 1.29 is 9.53 Å². The molecule has 0 bridgehead atoms. The molecule has 2 N–H and O–H groups in total. The maximum Gasteiger partial charge on any atom is 0.219 e. The fourth-order valence-corrected chi connectivity index (χ4v) is 3.17. The van der Waals surface area contributed by atoms with E-state index < -0.39 is 0 Å². The molecule has 0 spiro atoms. The standard InChI is InChI=1S/C20H26N4O2/c1-14-9-10-24(23-14)11-12-26-16-7-8-19-18(13-16)17(15(2)22-19)5-4-6-20(25)21-3/h7-10,13,22H,4-6,11-12H2,1-3H3,(H,21,25). The van der Waals surface area contributed by atoms with Crippen LogP contribution in [0.4, 0.5) is 0 Å². The minimum Gasteiger partial charge on any atom is -0.492 e. The van der Waals surface area contributed by atoms with Crippen LogP contribution in [-0.2, 0) is 17.8 Å². The second-order valence-electron chi connectivity index (χ2n) is 6.53. The molecule has 138 valence electrons. The van der Waals surface area contributed by atoms with Crippen molar-refractivity contribution in [1.29, 1.82) is 0 Å². The molecular weight excluding hydrogens is 328 g/mol. The van der Waals surface area contributed by atoms with Crippen LogP contribution in [0.3, 0.4) is 0 Å². The summed E-state index contributed by atoms with van der Waals surface area (Å²) < 4.78 is 7.80. The van der Waals surface area contributed by atoms with Gasteiger partial charge in [-0.15, -0.1) is 0 Å². The number of carbonyl (C=O) groups is 1. The van der Waals surface area contributed by atoms with Crippen LogP contribution in [0.2, 0.25) is 0 Å². The van der Waals surface area contributed by atoms with E-state index in [0.29, 0.717) is 13.0 Å². The lowest BCUT2D eigenvalue weighted by Gasteiger charge is -2.07. The van der Waals surface area contributed by atoms with E-state index in [1.807, 2.05) is 29.9 Å². The number of H-pyrrole nitrogens is 1. The van der Waals surface area contributed by atoms with Gasteiger partial charge in [-0.3, -0.25) is 9.48 Å². The number of nitrogens with zero attached hydrogens (tertiary/aromatic N) is 2. The number of ether oxygens (including phenoxy) is 1. The number of carbonyl (C=O) groups excluding carboxylic acids is 1. The molecule has 3 aromatic rings. The fraction of sp³-hybridized carbons (Fsp3) is 0.400. The van der Waals surface area contributed by atoms with Gasteiger partial charge in [-0.1, -0.05) is 0 Å². The Balaban J connectivity index is 1.66. The summed E-state index contributed by atoms with van der Waals surface area (Å²) in [6, 6.07) is 8.11. The number of rotatable bonds is 8. The van der Waals surface area contributed by atoms with Crippen LogP contribution in [-0.4, -0.2) is 34.3 Å². The smallest absolute Gasteiger partial charge is 0.219 e. The number of hydrogen-bond donors (Lipinski definition) is 2. The Hall–Kier alpha value is -2.76. The van der Waals surface area contributed by atoms with Crippen molar-refractivity contribution in [3.05, 3.63) is 47.4 Å². The van der Waals surface area contributed by atoms with Gasteiger partial charge in [0.15, 0.2) is 0 Å². The Bertz CT molecular complexity index is 894. The van der Waals surface area contributed by atoms with Crippen molar-refractivity contribution in [1.82, 2.24) is 20.1 Å². The minimum absolute atomic E-state index is 0.0837. The highest BCUT2D eigenvalue weighted by molar-refractivity contribution is 5.86. The second-order valence-corrected chi connectivity index (χ2v) is 6.53. The average molecular weight is 354 g/mol. The van der Waals surface area contributed by atoms with Gasteiger partial charge in [0, 0.05) is 36.3 Å². The molecule has 0 unspecified atom stereocenters. The van der Waals surface area contributed by atoms with Crippen LogP contribution >= 0.6 is 0 Å². The zero-order chi connectivity index (χ0) is 18.5. The highest BCUT2D eigenvalue weighted by Gasteiger charge is 2.10. The number of fused-ring (bicyclic) bond motifs is 1. The number of aromatic amines is 1. The summed E-state index contributed by atoms with van der Waals surface area (Å²) in [6.07, 6.45) is 4.20. The van der Waals surface area contributed by atoms with Gasteiger partial charge in [0.1, 0.15) is 12.4 Å². The lowest BCUT2D eigenvalue weighted by atomic mass is 10.0. The lowest BCUT2D eigenvalue weighted by molar-refractivity contribution is -0.120. The van der Waals surface area contributed by atoms with Crippen molar-refractivity contribution in [3.8, 4) is 5.75 Å². The summed E-state index contributed by atoms with van der Waals surface area (Å²) in [5.74, 6) is 0.938. The SMILES string of the molecule is CNC(=O)CCCc1c(C)[nH]c2ccc(OCCn3ccc(C)n3)cc12. The molecule has 2 heterocycles. The summed E-state index contributed by atoms with van der Waals surface area (Å²) in [5, 5.41) is 8.21. The molecule has 0 fully saturated rings. The van der Waals surface area contributed by atoms with Crippen LogP contribution in [0, 0.1) is 13.8 Å². The number of nitrogens with one attached hydrogen (secondary N) is 2. The monoisotopic (exact) mass is 354 g/mol. The molecule has 0 atom stereocenters. The van der Waals surface area contributed by atoms with E-state index in [9.17, 15) is 4.79 Å². The highest BCUT2D eigenvalue weighted by Crippen LogP contribution is 2.27. The largest absolute Gasteiger partial charge is 0.492 e. The molecule has 0 aliphatic carbocycles. The quantitative estimate of drug-likeness (QED) is 0.653. The normalized spacial score (nSPS) is 11.0. The Morgan fingerprint density at radius 1 is 1.31 bits per heavy atom. The number of aryl methyl sites for hydroxylation is 3. The average Bonchev–Trinajstić information content (AvgIpc) is 3.18. The third-order valence-electron chi connectivity index (χ3n) is 4.56. The number of amides is 1. The highest BCUT2D eigenvalue weighted by atomic mass is 16.5. The molecular formula is C20H26N4O2. The van der Waals surface area contributed by atoms with Gasteiger partial charge in [-0.2, -0.15) is 5.10 Å². The second kappa shape index (κ2) is 8.08. The Morgan fingerprint density at radius 2 is 2.15 bits per heavy atom. The van der Waals surface area contributed by atoms with Gasteiger partial charge in [-0.25, -0.2) is 0 Å². The van der Waals surface area contributed by atoms with Crippen LogP contribution < -0.4 is 10.1 Å². The molecule has 3 rings (SSSR count). The fourth-order valence-electron chi connectivity index (χ4n) is 3.17. The number of aromatic nitrogens is 3.